The number of anilines is 1. The van der Waals surface area contributed by atoms with Crippen LogP contribution in [0.1, 0.15) is 65.0 Å². The number of benzene rings is 1. The Morgan fingerprint density at radius 1 is 1.10 bits per heavy atom. The third-order valence-corrected chi connectivity index (χ3v) is 8.32. The maximum atomic E-state index is 12.5. The lowest BCUT2D eigenvalue weighted by Gasteiger charge is -2.43. The number of aryl methyl sites for hydroxylation is 1. The summed E-state index contributed by atoms with van der Waals surface area (Å²) in [6, 6.07) is 6.71. The molecule has 212 valence electrons. The first kappa shape index (κ1) is 27.4. The highest BCUT2D eigenvalue weighted by molar-refractivity contribution is 6.02. The zero-order valence-electron chi connectivity index (χ0n) is 23.9. The number of piperazine rings is 1. The normalized spacial score (nSPS) is 23.8. The van der Waals surface area contributed by atoms with E-state index in [4.69, 9.17) is 4.74 Å². The molecule has 0 aliphatic carbocycles. The first-order valence-corrected chi connectivity index (χ1v) is 14.3. The highest BCUT2D eigenvalue weighted by Crippen LogP contribution is 2.33. The van der Waals surface area contributed by atoms with Crippen molar-refractivity contribution in [3.63, 3.8) is 0 Å². The van der Waals surface area contributed by atoms with Gasteiger partial charge in [0, 0.05) is 69.9 Å². The third kappa shape index (κ3) is 6.05. The molecule has 0 radical (unpaired) electrons. The summed E-state index contributed by atoms with van der Waals surface area (Å²) in [5.74, 6) is -0.213. The molecule has 2 aromatic rings. The van der Waals surface area contributed by atoms with E-state index in [2.05, 4.69) is 45.3 Å². The molecule has 39 heavy (non-hydrogen) atoms. The van der Waals surface area contributed by atoms with Crippen molar-refractivity contribution in [3.05, 3.63) is 23.9 Å². The summed E-state index contributed by atoms with van der Waals surface area (Å²) in [5, 5.41) is 8.11. The van der Waals surface area contributed by atoms with E-state index in [0.29, 0.717) is 37.9 Å². The Morgan fingerprint density at radius 3 is 2.51 bits per heavy atom. The van der Waals surface area contributed by atoms with Gasteiger partial charge in [0.2, 0.25) is 11.8 Å². The standard InChI is InChI=1S/C29H42N6O4/c1-19-17-35(28(38)39-29(2,3)4)15-14-34(19)18-20-10-12-33(13-11-20)21-6-7-22-24(16-21)32(5)31-26(22)23-8-9-25(36)30-27(23)37/h6-7,16,19-20,23H,8-15,17-18H2,1-5H3,(H,30,36,37)/t19-,23?/m0/s1. The van der Waals surface area contributed by atoms with Gasteiger partial charge in [-0.25, -0.2) is 4.79 Å². The summed E-state index contributed by atoms with van der Waals surface area (Å²) in [6.45, 7) is 13.3. The molecule has 1 unspecified atom stereocenters. The molecular formula is C29H42N6O4. The van der Waals surface area contributed by atoms with Gasteiger partial charge < -0.3 is 14.5 Å². The number of aromatic nitrogens is 2. The van der Waals surface area contributed by atoms with E-state index in [-0.39, 0.29) is 23.8 Å². The van der Waals surface area contributed by atoms with Crippen LogP contribution in [0.15, 0.2) is 18.2 Å². The van der Waals surface area contributed by atoms with Crippen molar-refractivity contribution < 1.29 is 19.1 Å². The minimum Gasteiger partial charge on any atom is -0.444 e. The van der Waals surface area contributed by atoms with Crippen LogP contribution in [-0.4, -0.2) is 88.4 Å². The minimum absolute atomic E-state index is 0.209. The number of carbonyl (C=O) groups excluding carboxylic acids is 3. The summed E-state index contributed by atoms with van der Waals surface area (Å²) in [4.78, 5) is 43.3. The predicted molar refractivity (Wildman–Crippen MR) is 150 cm³/mol. The molecule has 10 nitrogen and oxygen atoms in total. The van der Waals surface area contributed by atoms with Gasteiger partial charge in [-0.1, -0.05) is 0 Å². The maximum absolute atomic E-state index is 12.5. The lowest BCUT2D eigenvalue weighted by molar-refractivity contribution is -0.134. The number of hydrogen-bond donors (Lipinski definition) is 1. The molecule has 3 saturated heterocycles. The molecule has 1 aromatic heterocycles. The fraction of sp³-hybridized carbons (Fsp3) is 0.655. The molecule has 4 heterocycles. The SMILES string of the molecule is C[C@H]1CN(C(=O)OC(C)(C)C)CCN1CC1CCN(c2ccc3c(C4CCC(=O)NC4=O)nn(C)c3c2)CC1. The van der Waals surface area contributed by atoms with Crippen LogP contribution in [0.5, 0.6) is 0 Å². The summed E-state index contributed by atoms with van der Waals surface area (Å²) in [6.07, 6.45) is 2.89. The predicted octanol–water partition coefficient (Wildman–Crippen LogP) is 3.25. The maximum Gasteiger partial charge on any atom is 0.410 e. The first-order chi connectivity index (χ1) is 18.5. The van der Waals surface area contributed by atoms with E-state index in [1.165, 1.54) is 5.69 Å². The molecule has 0 bridgehead atoms. The van der Waals surface area contributed by atoms with Crippen LogP contribution in [0.3, 0.4) is 0 Å². The molecule has 2 atom stereocenters. The van der Waals surface area contributed by atoms with E-state index in [1.54, 1.807) is 0 Å². The largest absolute Gasteiger partial charge is 0.444 e. The molecule has 0 saturated carbocycles. The number of amides is 3. The Bertz CT molecular complexity index is 1240. The van der Waals surface area contributed by atoms with Crippen molar-refractivity contribution in [1.82, 2.24) is 24.9 Å². The third-order valence-electron chi connectivity index (χ3n) is 8.32. The fourth-order valence-corrected chi connectivity index (χ4v) is 6.15. The average molecular weight is 539 g/mol. The molecule has 5 rings (SSSR count). The Balaban J connectivity index is 1.16. The van der Waals surface area contributed by atoms with Crippen LogP contribution >= 0.6 is 0 Å². The molecule has 0 spiro atoms. The number of ether oxygens (including phenoxy) is 1. The zero-order valence-corrected chi connectivity index (χ0v) is 23.9. The molecular weight excluding hydrogens is 496 g/mol. The Kier molecular flexibility index (Phi) is 7.59. The van der Waals surface area contributed by atoms with E-state index in [1.807, 2.05) is 37.4 Å². The van der Waals surface area contributed by atoms with Gasteiger partial charge >= 0.3 is 6.09 Å². The van der Waals surface area contributed by atoms with Crippen LogP contribution in [0, 0.1) is 5.92 Å². The summed E-state index contributed by atoms with van der Waals surface area (Å²) in [5.41, 5.74) is 2.47. The van der Waals surface area contributed by atoms with Crippen LogP contribution in [0.4, 0.5) is 10.5 Å². The number of piperidine rings is 2. The van der Waals surface area contributed by atoms with Gasteiger partial charge in [-0.05, 0) is 71.1 Å². The Labute approximate surface area is 230 Å². The Morgan fingerprint density at radius 2 is 1.85 bits per heavy atom. The number of nitrogens with one attached hydrogen (secondary N) is 1. The molecule has 3 aliphatic heterocycles. The van der Waals surface area contributed by atoms with Crippen molar-refractivity contribution in [3.8, 4) is 0 Å². The van der Waals surface area contributed by atoms with Gasteiger partial charge in [0.15, 0.2) is 0 Å². The molecule has 3 amide bonds. The Hall–Kier alpha value is -3.14. The fourth-order valence-electron chi connectivity index (χ4n) is 6.15. The van der Waals surface area contributed by atoms with Crippen LogP contribution in [0.2, 0.25) is 0 Å². The number of carbonyl (C=O) groups is 3. The smallest absolute Gasteiger partial charge is 0.410 e. The number of rotatable bonds is 4. The van der Waals surface area contributed by atoms with Crippen molar-refractivity contribution in [2.75, 3.05) is 44.2 Å². The summed E-state index contributed by atoms with van der Waals surface area (Å²) < 4.78 is 7.42. The first-order valence-electron chi connectivity index (χ1n) is 14.3. The topological polar surface area (TPSA) is 100 Å². The number of hydrogen-bond acceptors (Lipinski definition) is 7. The highest BCUT2D eigenvalue weighted by Gasteiger charge is 2.33. The van der Waals surface area contributed by atoms with Gasteiger partial charge in [0.05, 0.1) is 17.1 Å². The van der Waals surface area contributed by atoms with Gasteiger partial charge in [-0.2, -0.15) is 5.10 Å². The highest BCUT2D eigenvalue weighted by atomic mass is 16.6. The number of fused-ring (bicyclic) bond motifs is 1. The van der Waals surface area contributed by atoms with Crippen LogP contribution in [0.25, 0.3) is 10.9 Å². The average Bonchev–Trinajstić information content (AvgIpc) is 3.20. The molecule has 10 heteroatoms. The molecule has 3 aliphatic rings. The molecule has 1 N–H and O–H groups in total. The molecule has 3 fully saturated rings. The van der Waals surface area contributed by atoms with E-state index >= 15 is 0 Å². The zero-order chi connectivity index (χ0) is 27.9. The van der Waals surface area contributed by atoms with E-state index < -0.39 is 5.60 Å². The minimum atomic E-state index is -0.470. The van der Waals surface area contributed by atoms with Crippen molar-refractivity contribution >= 4 is 34.5 Å². The van der Waals surface area contributed by atoms with Gasteiger partial charge in [0.1, 0.15) is 5.60 Å². The second-order valence-electron chi connectivity index (χ2n) is 12.4. The van der Waals surface area contributed by atoms with Crippen molar-refractivity contribution in [2.45, 2.75) is 70.9 Å². The van der Waals surface area contributed by atoms with E-state index in [0.717, 1.165) is 55.6 Å². The summed E-state index contributed by atoms with van der Waals surface area (Å²) in [7, 11) is 1.91. The van der Waals surface area contributed by atoms with Crippen LogP contribution < -0.4 is 10.2 Å². The summed E-state index contributed by atoms with van der Waals surface area (Å²) >= 11 is 0. The van der Waals surface area contributed by atoms with Gasteiger partial charge in [0.25, 0.3) is 0 Å². The quantitative estimate of drug-likeness (QED) is 0.597. The lowest BCUT2D eigenvalue weighted by Crippen LogP contribution is -2.55. The lowest BCUT2D eigenvalue weighted by atomic mass is 9.92. The van der Waals surface area contributed by atoms with Crippen molar-refractivity contribution in [2.24, 2.45) is 13.0 Å². The van der Waals surface area contributed by atoms with E-state index in [9.17, 15) is 14.4 Å². The van der Waals surface area contributed by atoms with Crippen LogP contribution in [-0.2, 0) is 21.4 Å². The second kappa shape index (κ2) is 10.8. The number of nitrogens with zero attached hydrogens (tertiary/aromatic N) is 5. The second-order valence-corrected chi connectivity index (χ2v) is 12.4. The van der Waals surface area contributed by atoms with Gasteiger partial charge in [-0.3, -0.25) is 24.5 Å². The number of imide groups is 1. The monoisotopic (exact) mass is 538 g/mol. The van der Waals surface area contributed by atoms with Crippen molar-refractivity contribution in [1.29, 1.82) is 0 Å². The van der Waals surface area contributed by atoms with Gasteiger partial charge in [-0.15, -0.1) is 0 Å². The molecule has 1 aromatic carbocycles.